The fourth-order valence-electron chi connectivity index (χ4n) is 2.56. The summed E-state index contributed by atoms with van der Waals surface area (Å²) in [6.45, 7) is 5.32. The van der Waals surface area contributed by atoms with Gasteiger partial charge in [0.1, 0.15) is 5.60 Å². The van der Waals surface area contributed by atoms with Gasteiger partial charge in [-0.3, -0.25) is 9.69 Å². The minimum absolute atomic E-state index is 0.122. The Hall–Kier alpha value is -1.13. The van der Waals surface area contributed by atoms with Crippen LogP contribution in [0.15, 0.2) is 0 Å². The Morgan fingerprint density at radius 2 is 2.06 bits per heavy atom. The van der Waals surface area contributed by atoms with Crippen molar-refractivity contribution in [1.29, 1.82) is 0 Å². The van der Waals surface area contributed by atoms with E-state index in [4.69, 9.17) is 4.74 Å². The van der Waals surface area contributed by atoms with E-state index in [9.17, 15) is 14.0 Å². The minimum Gasteiger partial charge on any atom is -0.444 e. The third kappa shape index (κ3) is 2.28. The van der Waals surface area contributed by atoms with Gasteiger partial charge in [-0.25, -0.2) is 9.18 Å². The molecule has 2 rings (SSSR count). The zero-order valence-corrected chi connectivity index (χ0v) is 10.4. The zero-order chi connectivity index (χ0) is 12.8. The Kier molecular flexibility index (Phi) is 2.87. The molecule has 0 aromatic carbocycles. The predicted octanol–water partition coefficient (Wildman–Crippen LogP) is 2.07. The van der Waals surface area contributed by atoms with Gasteiger partial charge in [0, 0.05) is 12.5 Å². The number of halogens is 1. The van der Waals surface area contributed by atoms with Gasteiger partial charge in [0.25, 0.3) is 0 Å². The average Bonchev–Trinajstić information content (AvgIpc) is 2.51. The van der Waals surface area contributed by atoms with E-state index < -0.39 is 23.9 Å². The molecule has 0 aromatic heterocycles. The number of fused-ring (bicyclic) bond motifs is 2. The van der Waals surface area contributed by atoms with Gasteiger partial charge in [-0.2, -0.15) is 0 Å². The van der Waals surface area contributed by atoms with Crippen LogP contribution in [0.3, 0.4) is 0 Å². The molecule has 0 aromatic rings. The maximum atomic E-state index is 13.7. The van der Waals surface area contributed by atoms with E-state index in [0.717, 1.165) is 0 Å². The van der Waals surface area contributed by atoms with Gasteiger partial charge in [0.05, 0.1) is 6.04 Å². The number of piperidine rings is 1. The Labute approximate surface area is 100 Å². The van der Waals surface area contributed by atoms with Gasteiger partial charge in [-0.05, 0) is 33.6 Å². The quantitative estimate of drug-likeness (QED) is 0.654. The summed E-state index contributed by atoms with van der Waals surface area (Å²) >= 11 is 0. The highest BCUT2D eigenvalue weighted by Crippen LogP contribution is 2.36. The van der Waals surface area contributed by atoms with Gasteiger partial charge < -0.3 is 4.74 Å². The molecule has 4 nitrogen and oxygen atoms in total. The predicted molar refractivity (Wildman–Crippen MR) is 59.4 cm³/mol. The second-order valence-electron chi connectivity index (χ2n) is 5.76. The van der Waals surface area contributed by atoms with Crippen LogP contribution in [0, 0.1) is 0 Å². The van der Waals surface area contributed by atoms with E-state index in [0.29, 0.717) is 12.8 Å². The molecule has 17 heavy (non-hydrogen) atoms. The lowest BCUT2D eigenvalue weighted by Crippen LogP contribution is -2.54. The fourth-order valence-corrected chi connectivity index (χ4v) is 2.56. The largest absolute Gasteiger partial charge is 0.444 e. The van der Waals surface area contributed by atoms with E-state index >= 15 is 0 Å². The van der Waals surface area contributed by atoms with Crippen molar-refractivity contribution < 1.29 is 18.7 Å². The van der Waals surface area contributed by atoms with Crippen LogP contribution in [-0.2, 0) is 9.53 Å². The molecule has 3 atom stereocenters. The first-order chi connectivity index (χ1) is 7.79. The first-order valence-corrected chi connectivity index (χ1v) is 5.98. The summed E-state index contributed by atoms with van der Waals surface area (Å²) in [7, 11) is 0. The first kappa shape index (κ1) is 12.3. The SMILES string of the molecule is CC(C)(C)OC(=O)N1[C@H]2CC[C@H]1[C@H](F)C(=O)C2. The molecule has 0 aliphatic carbocycles. The second kappa shape index (κ2) is 3.96. The van der Waals surface area contributed by atoms with Crippen molar-refractivity contribution in [3.05, 3.63) is 0 Å². The molecule has 96 valence electrons. The smallest absolute Gasteiger partial charge is 0.410 e. The molecule has 0 radical (unpaired) electrons. The number of rotatable bonds is 0. The zero-order valence-electron chi connectivity index (χ0n) is 10.4. The Morgan fingerprint density at radius 1 is 1.41 bits per heavy atom. The van der Waals surface area contributed by atoms with Gasteiger partial charge >= 0.3 is 6.09 Å². The van der Waals surface area contributed by atoms with E-state index in [1.165, 1.54) is 4.90 Å². The molecule has 5 heteroatoms. The highest BCUT2D eigenvalue weighted by molar-refractivity contribution is 5.87. The molecular formula is C12H18FNO3. The highest BCUT2D eigenvalue weighted by atomic mass is 19.1. The lowest BCUT2D eigenvalue weighted by molar-refractivity contribution is -0.130. The number of hydrogen-bond acceptors (Lipinski definition) is 3. The number of amides is 1. The van der Waals surface area contributed by atoms with Crippen LogP contribution in [0.2, 0.25) is 0 Å². The molecular weight excluding hydrogens is 225 g/mol. The van der Waals surface area contributed by atoms with E-state index in [2.05, 4.69) is 0 Å². The van der Waals surface area contributed by atoms with Crippen molar-refractivity contribution >= 4 is 11.9 Å². The van der Waals surface area contributed by atoms with Crippen molar-refractivity contribution in [2.75, 3.05) is 0 Å². The van der Waals surface area contributed by atoms with Crippen LogP contribution in [0.25, 0.3) is 0 Å². The minimum atomic E-state index is -1.54. The van der Waals surface area contributed by atoms with Crippen LogP contribution < -0.4 is 0 Å². The Balaban J connectivity index is 2.12. The number of alkyl halides is 1. The van der Waals surface area contributed by atoms with Crippen LogP contribution >= 0.6 is 0 Å². The highest BCUT2D eigenvalue weighted by Gasteiger charge is 2.50. The molecule has 0 saturated carbocycles. The topological polar surface area (TPSA) is 46.6 Å². The number of ether oxygens (including phenoxy) is 1. The van der Waals surface area contributed by atoms with Crippen LogP contribution in [0.1, 0.15) is 40.0 Å². The number of Topliss-reactive ketones (excluding diaryl/α,β-unsaturated/α-hetero) is 1. The number of carbonyl (C=O) groups is 2. The number of carbonyl (C=O) groups excluding carboxylic acids is 2. The molecule has 2 aliphatic heterocycles. The van der Waals surface area contributed by atoms with Crippen LogP contribution in [0.4, 0.5) is 9.18 Å². The summed E-state index contributed by atoms with van der Waals surface area (Å²) in [6, 6.07) is -0.787. The third-order valence-corrected chi connectivity index (χ3v) is 3.23. The van der Waals surface area contributed by atoms with E-state index in [-0.39, 0.29) is 18.2 Å². The van der Waals surface area contributed by atoms with Gasteiger partial charge in [0.2, 0.25) is 0 Å². The van der Waals surface area contributed by atoms with Crippen molar-refractivity contribution in [3.63, 3.8) is 0 Å². The summed E-state index contributed by atoms with van der Waals surface area (Å²) in [6.07, 6.45) is -0.675. The molecule has 2 aliphatic rings. The summed E-state index contributed by atoms with van der Waals surface area (Å²) in [5.74, 6) is -0.377. The fraction of sp³-hybridized carbons (Fsp3) is 0.833. The maximum absolute atomic E-state index is 13.7. The van der Waals surface area contributed by atoms with Crippen molar-refractivity contribution in [3.8, 4) is 0 Å². The van der Waals surface area contributed by atoms with Gasteiger partial charge in [-0.1, -0.05) is 0 Å². The molecule has 1 amide bonds. The van der Waals surface area contributed by atoms with E-state index in [1.807, 2.05) is 0 Å². The lowest BCUT2D eigenvalue weighted by Gasteiger charge is -2.36. The lowest BCUT2D eigenvalue weighted by atomic mass is 10.0. The summed E-state index contributed by atoms with van der Waals surface area (Å²) < 4.78 is 19.0. The van der Waals surface area contributed by atoms with Gasteiger partial charge in [-0.15, -0.1) is 0 Å². The first-order valence-electron chi connectivity index (χ1n) is 5.98. The number of ketones is 1. The molecule has 2 saturated heterocycles. The molecule has 2 bridgehead atoms. The van der Waals surface area contributed by atoms with Crippen LogP contribution in [-0.4, -0.2) is 40.6 Å². The van der Waals surface area contributed by atoms with Crippen molar-refractivity contribution in [1.82, 2.24) is 4.90 Å². The van der Waals surface area contributed by atoms with Crippen LogP contribution in [0.5, 0.6) is 0 Å². The van der Waals surface area contributed by atoms with Crippen molar-refractivity contribution in [2.24, 2.45) is 0 Å². The molecule has 0 N–H and O–H groups in total. The Morgan fingerprint density at radius 3 is 2.65 bits per heavy atom. The summed E-state index contributed by atoms with van der Waals surface area (Å²) in [5.41, 5.74) is -0.593. The molecule has 2 fully saturated rings. The number of nitrogens with zero attached hydrogens (tertiary/aromatic N) is 1. The van der Waals surface area contributed by atoms with E-state index in [1.54, 1.807) is 20.8 Å². The summed E-state index contributed by atoms with van der Waals surface area (Å²) in [5, 5.41) is 0. The standard InChI is InChI=1S/C12H18FNO3/c1-12(2,3)17-11(16)14-7-4-5-8(14)10(13)9(15)6-7/h7-8,10H,4-6H2,1-3H3/t7-,8-,10-/m0/s1. The third-order valence-electron chi connectivity index (χ3n) is 3.23. The molecule has 0 unspecified atom stereocenters. The average molecular weight is 243 g/mol. The number of hydrogen-bond donors (Lipinski definition) is 0. The summed E-state index contributed by atoms with van der Waals surface area (Å²) in [4.78, 5) is 24.7. The molecule has 0 spiro atoms. The van der Waals surface area contributed by atoms with Gasteiger partial charge in [0.15, 0.2) is 12.0 Å². The second-order valence-corrected chi connectivity index (χ2v) is 5.76. The molecule has 2 heterocycles. The monoisotopic (exact) mass is 243 g/mol. The normalized spacial score (nSPS) is 32.8. The Bertz CT molecular complexity index is 350. The van der Waals surface area contributed by atoms with Crippen molar-refractivity contribution in [2.45, 2.75) is 63.9 Å². The maximum Gasteiger partial charge on any atom is 0.410 e.